The lowest BCUT2D eigenvalue weighted by atomic mass is 9.85. The summed E-state index contributed by atoms with van der Waals surface area (Å²) >= 11 is 0. The maximum atomic E-state index is 5.81. The predicted octanol–water partition coefficient (Wildman–Crippen LogP) is 3.46. The molecule has 0 aliphatic carbocycles. The summed E-state index contributed by atoms with van der Waals surface area (Å²) in [6.07, 6.45) is 1.05. The fraction of sp³-hybridized carbons (Fsp3) is 0.647. The largest absolute Gasteiger partial charge is 0.328 e. The molecular weight excluding hydrogens is 232 g/mol. The fourth-order valence-corrected chi connectivity index (χ4v) is 2.13. The van der Waals surface area contributed by atoms with Crippen LogP contribution in [0.25, 0.3) is 0 Å². The van der Waals surface area contributed by atoms with Gasteiger partial charge in [-0.2, -0.15) is 0 Å². The molecule has 2 N–H and O–H groups in total. The molecule has 0 aliphatic heterocycles. The minimum absolute atomic E-state index is 0.226. The molecule has 0 heterocycles. The topological polar surface area (TPSA) is 29.3 Å². The molecule has 1 aromatic rings. The van der Waals surface area contributed by atoms with Crippen molar-refractivity contribution in [3.63, 3.8) is 0 Å². The number of hydrogen-bond acceptors (Lipinski definition) is 2. The number of rotatable bonds is 5. The van der Waals surface area contributed by atoms with E-state index in [1.807, 2.05) is 0 Å². The van der Waals surface area contributed by atoms with E-state index < -0.39 is 0 Å². The average Bonchev–Trinajstić information content (AvgIpc) is 2.27. The predicted molar refractivity (Wildman–Crippen MR) is 84.5 cm³/mol. The van der Waals surface area contributed by atoms with Gasteiger partial charge in [-0.3, -0.25) is 0 Å². The van der Waals surface area contributed by atoms with E-state index in [0.29, 0.717) is 0 Å². The van der Waals surface area contributed by atoms with Crippen molar-refractivity contribution in [2.24, 2.45) is 5.73 Å². The number of nitrogens with two attached hydrogens (primary N) is 1. The van der Waals surface area contributed by atoms with Gasteiger partial charge in [0.2, 0.25) is 0 Å². The number of aryl methyl sites for hydroxylation is 1. The highest BCUT2D eigenvalue weighted by Crippen LogP contribution is 2.24. The number of nitrogens with zero attached hydrogens (tertiary/aromatic N) is 1. The highest BCUT2D eigenvalue weighted by atomic mass is 15.1. The van der Waals surface area contributed by atoms with E-state index in [2.05, 4.69) is 64.8 Å². The Bertz CT molecular complexity index is 402. The zero-order valence-corrected chi connectivity index (χ0v) is 13.5. The molecule has 0 saturated carbocycles. The Kier molecular flexibility index (Phi) is 5.57. The quantitative estimate of drug-likeness (QED) is 0.880. The Morgan fingerprint density at radius 1 is 1.26 bits per heavy atom. The van der Waals surface area contributed by atoms with Gasteiger partial charge in [0.15, 0.2) is 0 Å². The number of hydrogen-bond donors (Lipinski definition) is 1. The first-order valence-corrected chi connectivity index (χ1v) is 7.24. The van der Waals surface area contributed by atoms with Gasteiger partial charge in [0.05, 0.1) is 0 Å². The molecular formula is C17H30N2. The first kappa shape index (κ1) is 16.2. The van der Waals surface area contributed by atoms with Gasteiger partial charge in [0.1, 0.15) is 0 Å². The smallest absolute Gasteiger partial charge is 0.0233 e. The summed E-state index contributed by atoms with van der Waals surface area (Å²) in [7, 11) is 2.17. The van der Waals surface area contributed by atoms with Crippen LogP contribution in [0, 0.1) is 6.92 Å². The van der Waals surface area contributed by atoms with Gasteiger partial charge in [-0.05, 0) is 56.0 Å². The molecule has 1 atom stereocenters. The lowest BCUT2D eigenvalue weighted by Gasteiger charge is -2.23. The van der Waals surface area contributed by atoms with Crippen molar-refractivity contribution in [2.45, 2.75) is 59.0 Å². The van der Waals surface area contributed by atoms with Gasteiger partial charge in [0.25, 0.3) is 0 Å². The van der Waals surface area contributed by atoms with Crippen molar-refractivity contribution < 1.29 is 0 Å². The molecule has 2 nitrogen and oxygen atoms in total. The third-order valence-corrected chi connectivity index (χ3v) is 3.62. The molecule has 1 rings (SSSR count). The molecule has 0 saturated heterocycles. The van der Waals surface area contributed by atoms with Crippen LogP contribution in [-0.2, 0) is 12.0 Å². The molecule has 0 bridgehead atoms. The molecule has 0 aliphatic rings. The van der Waals surface area contributed by atoms with Crippen LogP contribution in [0.1, 0.15) is 50.8 Å². The van der Waals surface area contributed by atoms with Gasteiger partial charge in [-0.25, -0.2) is 0 Å². The molecule has 0 spiro atoms. The van der Waals surface area contributed by atoms with Crippen molar-refractivity contribution in [2.75, 3.05) is 13.6 Å². The standard InChI is InChI=1S/C17H30N2/c1-13-11-16(17(3,4)5)8-7-15(13)12-19(6)10-9-14(2)18/h7-8,11,14H,9-10,12,18H2,1-6H3. The second-order valence-corrected chi connectivity index (χ2v) is 6.90. The van der Waals surface area contributed by atoms with Crippen LogP contribution in [0.15, 0.2) is 18.2 Å². The molecule has 1 aromatic carbocycles. The van der Waals surface area contributed by atoms with Gasteiger partial charge in [-0.1, -0.05) is 39.0 Å². The highest BCUT2D eigenvalue weighted by Gasteiger charge is 2.14. The van der Waals surface area contributed by atoms with Crippen molar-refractivity contribution >= 4 is 0 Å². The van der Waals surface area contributed by atoms with E-state index in [1.165, 1.54) is 16.7 Å². The van der Waals surface area contributed by atoms with Gasteiger partial charge in [-0.15, -0.1) is 0 Å². The third kappa shape index (κ3) is 5.33. The molecule has 19 heavy (non-hydrogen) atoms. The van der Waals surface area contributed by atoms with E-state index >= 15 is 0 Å². The summed E-state index contributed by atoms with van der Waals surface area (Å²) < 4.78 is 0. The van der Waals surface area contributed by atoms with Crippen LogP contribution in [0.4, 0.5) is 0 Å². The highest BCUT2D eigenvalue weighted by molar-refractivity contribution is 5.34. The second-order valence-electron chi connectivity index (χ2n) is 6.90. The summed E-state index contributed by atoms with van der Waals surface area (Å²) in [5.41, 5.74) is 10.2. The molecule has 0 radical (unpaired) electrons. The van der Waals surface area contributed by atoms with Crippen LogP contribution in [0.2, 0.25) is 0 Å². The van der Waals surface area contributed by atoms with E-state index in [0.717, 1.165) is 19.5 Å². The van der Waals surface area contributed by atoms with Gasteiger partial charge in [0, 0.05) is 12.6 Å². The maximum Gasteiger partial charge on any atom is 0.0233 e. The molecule has 108 valence electrons. The Hall–Kier alpha value is -0.860. The third-order valence-electron chi connectivity index (χ3n) is 3.62. The van der Waals surface area contributed by atoms with Crippen molar-refractivity contribution in [3.05, 3.63) is 34.9 Å². The van der Waals surface area contributed by atoms with Crippen molar-refractivity contribution in [1.29, 1.82) is 0 Å². The van der Waals surface area contributed by atoms with E-state index in [4.69, 9.17) is 5.73 Å². The zero-order valence-electron chi connectivity index (χ0n) is 13.5. The minimum atomic E-state index is 0.226. The molecule has 0 amide bonds. The van der Waals surface area contributed by atoms with Crippen molar-refractivity contribution in [3.8, 4) is 0 Å². The maximum absolute atomic E-state index is 5.81. The molecule has 1 unspecified atom stereocenters. The lowest BCUT2D eigenvalue weighted by molar-refractivity contribution is 0.313. The number of benzene rings is 1. The van der Waals surface area contributed by atoms with E-state index in [1.54, 1.807) is 0 Å². The first-order chi connectivity index (χ1) is 8.70. The Morgan fingerprint density at radius 2 is 1.89 bits per heavy atom. The summed E-state index contributed by atoms with van der Waals surface area (Å²) in [4.78, 5) is 2.35. The monoisotopic (exact) mass is 262 g/mol. The van der Waals surface area contributed by atoms with Gasteiger partial charge < -0.3 is 10.6 Å². The normalized spacial score (nSPS) is 13.9. The molecule has 0 fully saturated rings. The Balaban J connectivity index is 2.70. The Labute approximate surface area is 119 Å². The summed E-state index contributed by atoms with van der Waals surface area (Å²) in [6.45, 7) is 13.1. The van der Waals surface area contributed by atoms with E-state index in [-0.39, 0.29) is 11.5 Å². The van der Waals surface area contributed by atoms with Crippen LogP contribution >= 0.6 is 0 Å². The fourth-order valence-electron chi connectivity index (χ4n) is 2.13. The Morgan fingerprint density at radius 3 is 2.37 bits per heavy atom. The second kappa shape index (κ2) is 6.53. The first-order valence-electron chi connectivity index (χ1n) is 7.24. The van der Waals surface area contributed by atoms with Gasteiger partial charge >= 0.3 is 0 Å². The summed E-state index contributed by atoms with van der Waals surface area (Å²) in [6, 6.07) is 7.15. The molecule has 2 heteroatoms. The van der Waals surface area contributed by atoms with Crippen LogP contribution in [0.5, 0.6) is 0 Å². The zero-order chi connectivity index (χ0) is 14.6. The summed E-state index contributed by atoms with van der Waals surface area (Å²) in [5, 5.41) is 0. The summed E-state index contributed by atoms with van der Waals surface area (Å²) in [5.74, 6) is 0. The van der Waals surface area contributed by atoms with Crippen molar-refractivity contribution in [1.82, 2.24) is 4.90 Å². The van der Waals surface area contributed by atoms with Crippen LogP contribution < -0.4 is 5.73 Å². The lowest BCUT2D eigenvalue weighted by Crippen LogP contribution is -2.26. The average molecular weight is 262 g/mol. The van der Waals surface area contributed by atoms with Crippen LogP contribution in [-0.4, -0.2) is 24.5 Å². The van der Waals surface area contributed by atoms with E-state index in [9.17, 15) is 0 Å². The molecule has 0 aromatic heterocycles. The SMILES string of the molecule is Cc1cc(C(C)(C)C)ccc1CN(C)CCC(C)N. The van der Waals surface area contributed by atoms with Crippen LogP contribution in [0.3, 0.4) is 0 Å². The minimum Gasteiger partial charge on any atom is -0.328 e.